The topological polar surface area (TPSA) is 52.7 Å². The molecule has 5 nitrogen and oxygen atoms in total. The van der Waals surface area contributed by atoms with Crippen LogP contribution in [0.2, 0.25) is 0 Å². The molecule has 5 heteroatoms. The lowest BCUT2D eigenvalue weighted by Crippen LogP contribution is -2.45. The molecule has 0 atom stereocenters. The van der Waals surface area contributed by atoms with E-state index in [1.165, 1.54) is 12.8 Å². The van der Waals surface area contributed by atoms with E-state index in [9.17, 15) is 9.59 Å². The standard InChI is InChI=1S/C19H25N3O2/c23-18-5-2-10-22(18)17-4-1-3-14(13-17)19(24)20-15-8-11-21(12-9-15)16-6-7-16/h1,3-4,13,15-16H,2,5-12H2,(H,20,24). The second kappa shape index (κ2) is 6.55. The van der Waals surface area contributed by atoms with E-state index >= 15 is 0 Å². The van der Waals surface area contributed by atoms with Crippen molar-refractivity contribution in [1.82, 2.24) is 10.2 Å². The van der Waals surface area contributed by atoms with E-state index in [4.69, 9.17) is 0 Å². The molecule has 0 radical (unpaired) electrons. The predicted molar refractivity (Wildman–Crippen MR) is 93.1 cm³/mol. The average Bonchev–Trinajstić information content (AvgIpc) is 3.37. The Morgan fingerprint density at radius 1 is 1.08 bits per heavy atom. The van der Waals surface area contributed by atoms with Crippen LogP contribution in [0.25, 0.3) is 0 Å². The first-order valence-electron chi connectivity index (χ1n) is 9.16. The van der Waals surface area contributed by atoms with Crippen molar-refractivity contribution in [3.05, 3.63) is 29.8 Å². The van der Waals surface area contributed by atoms with Crippen molar-refractivity contribution in [2.24, 2.45) is 0 Å². The van der Waals surface area contributed by atoms with Gasteiger partial charge in [0.15, 0.2) is 0 Å². The number of hydrogen-bond donors (Lipinski definition) is 1. The summed E-state index contributed by atoms with van der Waals surface area (Å²) in [6, 6.07) is 8.54. The first-order chi connectivity index (χ1) is 11.7. The second-order valence-electron chi connectivity index (χ2n) is 7.21. The Kier molecular flexibility index (Phi) is 4.27. The monoisotopic (exact) mass is 327 g/mol. The van der Waals surface area contributed by atoms with Crippen LogP contribution in [-0.4, -0.2) is 48.4 Å². The molecule has 2 heterocycles. The third-order valence-electron chi connectivity index (χ3n) is 5.42. The molecule has 3 aliphatic rings. The summed E-state index contributed by atoms with van der Waals surface area (Å²) in [5, 5.41) is 3.18. The summed E-state index contributed by atoms with van der Waals surface area (Å²) in [5.41, 5.74) is 1.49. The molecule has 1 aromatic rings. The number of carbonyl (C=O) groups excluding carboxylic acids is 2. The van der Waals surface area contributed by atoms with Crippen molar-refractivity contribution >= 4 is 17.5 Å². The molecule has 128 valence electrons. The fourth-order valence-corrected chi connectivity index (χ4v) is 3.85. The molecule has 1 aliphatic carbocycles. The van der Waals surface area contributed by atoms with Crippen LogP contribution in [0.1, 0.15) is 48.9 Å². The highest BCUT2D eigenvalue weighted by molar-refractivity contribution is 5.99. The molecule has 2 amide bonds. The number of carbonyl (C=O) groups is 2. The molecule has 4 rings (SSSR count). The van der Waals surface area contributed by atoms with E-state index in [1.54, 1.807) is 4.90 Å². The Balaban J connectivity index is 1.37. The summed E-state index contributed by atoms with van der Waals surface area (Å²) in [7, 11) is 0. The highest BCUT2D eigenvalue weighted by atomic mass is 16.2. The van der Waals surface area contributed by atoms with E-state index in [0.717, 1.165) is 50.6 Å². The van der Waals surface area contributed by atoms with Gasteiger partial charge < -0.3 is 15.1 Å². The first kappa shape index (κ1) is 15.6. The van der Waals surface area contributed by atoms with Gasteiger partial charge in [-0.15, -0.1) is 0 Å². The van der Waals surface area contributed by atoms with Gasteiger partial charge in [0, 0.05) is 49.4 Å². The van der Waals surface area contributed by atoms with E-state index in [2.05, 4.69) is 10.2 Å². The Morgan fingerprint density at radius 3 is 2.54 bits per heavy atom. The number of rotatable bonds is 4. The zero-order chi connectivity index (χ0) is 16.5. The molecule has 2 saturated heterocycles. The van der Waals surface area contributed by atoms with E-state index < -0.39 is 0 Å². The first-order valence-corrected chi connectivity index (χ1v) is 9.16. The van der Waals surface area contributed by atoms with Gasteiger partial charge in [-0.2, -0.15) is 0 Å². The number of likely N-dealkylation sites (tertiary alicyclic amines) is 1. The van der Waals surface area contributed by atoms with Gasteiger partial charge in [-0.25, -0.2) is 0 Å². The molecule has 3 fully saturated rings. The Hall–Kier alpha value is -1.88. The molecular formula is C19H25N3O2. The van der Waals surface area contributed by atoms with Gasteiger partial charge in [-0.1, -0.05) is 6.07 Å². The molecule has 0 aromatic heterocycles. The van der Waals surface area contributed by atoms with Crippen molar-refractivity contribution in [2.75, 3.05) is 24.5 Å². The molecule has 24 heavy (non-hydrogen) atoms. The number of nitrogens with one attached hydrogen (secondary N) is 1. The summed E-state index contributed by atoms with van der Waals surface area (Å²) in [5.74, 6) is 0.133. The van der Waals surface area contributed by atoms with Crippen LogP contribution in [0.15, 0.2) is 24.3 Å². The van der Waals surface area contributed by atoms with Crippen molar-refractivity contribution in [1.29, 1.82) is 0 Å². The maximum atomic E-state index is 12.6. The van der Waals surface area contributed by atoms with E-state index in [0.29, 0.717) is 12.0 Å². The fraction of sp³-hybridized carbons (Fsp3) is 0.579. The fourth-order valence-electron chi connectivity index (χ4n) is 3.85. The van der Waals surface area contributed by atoms with Gasteiger partial charge in [0.05, 0.1) is 0 Å². The molecular weight excluding hydrogens is 302 g/mol. The molecule has 0 unspecified atom stereocenters. The third kappa shape index (κ3) is 3.31. The van der Waals surface area contributed by atoms with E-state index in [-0.39, 0.29) is 17.9 Å². The summed E-state index contributed by atoms with van der Waals surface area (Å²) < 4.78 is 0. The zero-order valence-corrected chi connectivity index (χ0v) is 14.0. The molecule has 2 aliphatic heterocycles. The quantitative estimate of drug-likeness (QED) is 0.922. The molecule has 1 N–H and O–H groups in total. The van der Waals surface area contributed by atoms with E-state index in [1.807, 2.05) is 24.3 Å². The third-order valence-corrected chi connectivity index (χ3v) is 5.42. The predicted octanol–water partition coefficient (Wildman–Crippen LogP) is 2.17. The normalized spacial score (nSPS) is 22.8. The maximum absolute atomic E-state index is 12.6. The van der Waals surface area contributed by atoms with Crippen molar-refractivity contribution < 1.29 is 9.59 Å². The van der Waals surface area contributed by atoms with Gasteiger partial charge in [0.25, 0.3) is 5.91 Å². The summed E-state index contributed by atoms with van der Waals surface area (Å²) >= 11 is 0. The van der Waals surface area contributed by atoms with Gasteiger partial charge in [-0.05, 0) is 50.3 Å². The Bertz CT molecular complexity index is 633. The van der Waals surface area contributed by atoms with Gasteiger partial charge >= 0.3 is 0 Å². The number of anilines is 1. The summed E-state index contributed by atoms with van der Waals surface area (Å²) in [6.07, 6.45) is 6.27. The summed E-state index contributed by atoms with van der Waals surface area (Å²) in [6.45, 7) is 2.94. The van der Waals surface area contributed by atoms with Crippen molar-refractivity contribution in [3.8, 4) is 0 Å². The van der Waals surface area contributed by atoms with Crippen LogP contribution in [0.4, 0.5) is 5.69 Å². The largest absolute Gasteiger partial charge is 0.349 e. The van der Waals surface area contributed by atoms with Crippen molar-refractivity contribution in [3.63, 3.8) is 0 Å². The molecule has 1 saturated carbocycles. The van der Waals surface area contributed by atoms with Gasteiger partial charge in [0.1, 0.15) is 0 Å². The van der Waals surface area contributed by atoms with Crippen LogP contribution in [-0.2, 0) is 4.79 Å². The minimum absolute atomic E-state index is 0.0200. The average molecular weight is 327 g/mol. The number of piperidine rings is 1. The Labute approximate surface area is 143 Å². The number of hydrogen-bond acceptors (Lipinski definition) is 3. The van der Waals surface area contributed by atoms with Crippen LogP contribution in [0.3, 0.4) is 0 Å². The second-order valence-corrected chi connectivity index (χ2v) is 7.21. The van der Waals surface area contributed by atoms with Gasteiger partial charge in [-0.3, -0.25) is 9.59 Å². The van der Waals surface area contributed by atoms with Crippen LogP contribution < -0.4 is 10.2 Å². The number of benzene rings is 1. The summed E-state index contributed by atoms with van der Waals surface area (Å²) in [4.78, 5) is 28.8. The lowest BCUT2D eigenvalue weighted by molar-refractivity contribution is -0.117. The highest BCUT2D eigenvalue weighted by Gasteiger charge is 2.32. The number of nitrogens with zero attached hydrogens (tertiary/aromatic N) is 2. The SMILES string of the molecule is O=C(NC1CCN(C2CC2)CC1)c1cccc(N2CCCC2=O)c1. The minimum atomic E-state index is -0.0200. The molecule has 0 spiro atoms. The Morgan fingerprint density at radius 2 is 1.88 bits per heavy atom. The highest BCUT2D eigenvalue weighted by Crippen LogP contribution is 2.29. The minimum Gasteiger partial charge on any atom is -0.349 e. The van der Waals surface area contributed by atoms with Crippen LogP contribution in [0, 0.1) is 0 Å². The maximum Gasteiger partial charge on any atom is 0.251 e. The van der Waals surface area contributed by atoms with Crippen LogP contribution in [0.5, 0.6) is 0 Å². The lowest BCUT2D eigenvalue weighted by Gasteiger charge is -2.32. The smallest absolute Gasteiger partial charge is 0.251 e. The molecule has 1 aromatic carbocycles. The number of amides is 2. The van der Waals surface area contributed by atoms with Gasteiger partial charge in [0.2, 0.25) is 5.91 Å². The van der Waals surface area contributed by atoms with Crippen LogP contribution >= 0.6 is 0 Å². The molecule has 0 bridgehead atoms. The zero-order valence-electron chi connectivity index (χ0n) is 14.0. The lowest BCUT2D eigenvalue weighted by atomic mass is 10.0. The van der Waals surface area contributed by atoms with Crippen molar-refractivity contribution in [2.45, 2.75) is 50.6 Å².